The summed E-state index contributed by atoms with van der Waals surface area (Å²) in [6.07, 6.45) is 2.96. The number of hydrogen-bond acceptors (Lipinski definition) is 7. The van der Waals surface area contributed by atoms with E-state index in [2.05, 4.69) is 30.3 Å². The fraction of sp³-hybridized carbons (Fsp3) is 0.0909. The van der Waals surface area contributed by atoms with Crippen molar-refractivity contribution in [1.29, 1.82) is 0 Å². The molecule has 2 N–H and O–H groups in total. The van der Waals surface area contributed by atoms with Crippen LogP contribution in [-0.2, 0) is 17.9 Å². The van der Waals surface area contributed by atoms with Gasteiger partial charge in [0.1, 0.15) is 6.54 Å². The normalized spacial score (nSPS) is 10.5. The molecule has 4 aromatic rings. The summed E-state index contributed by atoms with van der Waals surface area (Å²) >= 11 is 0. The van der Waals surface area contributed by atoms with E-state index in [0.29, 0.717) is 17.8 Å². The highest BCUT2D eigenvalue weighted by molar-refractivity contribution is 6.03. The number of para-hydroxylation sites is 1. The highest BCUT2D eigenvalue weighted by Gasteiger charge is 2.19. The van der Waals surface area contributed by atoms with Gasteiger partial charge in [0.25, 0.3) is 5.91 Å². The van der Waals surface area contributed by atoms with Crippen LogP contribution in [0.4, 0.5) is 5.69 Å². The quantitative estimate of drug-likeness (QED) is 0.457. The summed E-state index contributed by atoms with van der Waals surface area (Å²) in [4.78, 5) is 45.4. The highest BCUT2D eigenvalue weighted by Crippen LogP contribution is 2.16. The maximum absolute atomic E-state index is 12.7. The number of aromatic nitrogens is 4. The lowest BCUT2D eigenvalue weighted by molar-refractivity contribution is -0.116. The Labute approximate surface area is 181 Å². The molecule has 10 heteroatoms. The Morgan fingerprint density at radius 3 is 2.44 bits per heavy atom. The molecular weight excluding hydrogens is 412 g/mol. The average Bonchev–Trinajstić information content (AvgIpc) is 3.19. The third-order valence-electron chi connectivity index (χ3n) is 4.50. The number of anilines is 1. The second-order valence-electron chi connectivity index (χ2n) is 6.69. The van der Waals surface area contributed by atoms with Gasteiger partial charge in [-0.15, -0.1) is 0 Å². The van der Waals surface area contributed by atoms with Crippen LogP contribution in [0.5, 0.6) is 0 Å². The lowest BCUT2D eigenvalue weighted by Crippen LogP contribution is -2.28. The van der Waals surface area contributed by atoms with E-state index in [9.17, 15) is 14.4 Å². The zero-order valence-corrected chi connectivity index (χ0v) is 16.8. The van der Waals surface area contributed by atoms with Crippen LogP contribution >= 0.6 is 0 Å². The number of nitrogens with zero attached hydrogens (tertiary/aromatic N) is 4. The van der Waals surface area contributed by atoms with Gasteiger partial charge in [-0.1, -0.05) is 47.6 Å². The van der Waals surface area contributed by atoms with Gasteiger partial charge in [-0.2, -0.15) is 0 Å². The molecule has 2 aromatic carbocycles. The van der Waals surface area contributed by atoms with E-state index in [4.69, 9.17) is 0 Å². The van der Waals surface area contributed by atoms with Crippen LogP contribution < -0.4 is 16.4 Å². The van der Waals surface area contributed by atoms with Crippen molar-refractivity contribution in [3.05, 3.63) is 94.7 Å². The average molecular weight is 430 g/mol. The lowest BCUT2D eigenvalue weighted by atomic mass is 10.1. The van der Waals surface area contributed by atoms with Crippen LogP contribution in [0.3, 0.4) is 0 Å². The van der Waals surface area contributed by atoms with Crippen molar-refractivity contribution in [2.45, 2.75) is 13.1 Å². The number of carbonyl (C=O) groups excluding carboxylic acids is 2. The molecule has 2 aromatic heterocycles. The van der Waals surface area contributed by atoms with E-state index in [0.717, 1.165) is 10.1 Å². The van der Waals surface area contributed by atoms with Crippen LogP contribution in [0.2, 0.25) is 0 Å². The first kappa shape index (κ1) is 20.7. The van der Waals surface area contributed by atoms with Crippen LogP contribution in [-0.4, -0.2) is 31.5 Å². The van der Waals surface area contributed by atoms with E-state index in [1.807, 2.05) is 30.3 Å². The van der Waals surface area contributed by atoms with E-state index in [1.54, 1.807) is 30.3 Å². The van der Waals surface area contributed by atoms with Gasteiger partial charge in [0.2, 0.25) is 11.7 Å². The summed E-state index contributed by atoms with van der Waals surface area (Å²) in [5, 5.41) is 9.14. The van der Waals surface area contributed by atoms with Gasteiger partial charge < -0.3 is 10.6 Å². The highest BCUT2D eigenvalue weighted by atomic mass is 16.5. The minimum absolute atomic E-state index is 0.0274. The van der Waals surface area contributed by atoms with Crippen molar-refractivity contribution >= 4 is 17.5 Å². The minimum Gasteiger partial charge on any atom is -0.348 e. The maximum Gasteiger partial charge on any atom is 0.442 e. The number of rotatable bonds is 7. The molecule has 0 aliphatic rings. The summed E-state index contributed by atoms with van der Waals surface area (Å²) in [5.74, 6) is -1.54. The predicted molar refractivity (Wildman–Crippen MR) is 114 cm³/mol. The van der Waals surface area contributed by atoms with Gasteiger partial charge in [0.05, 0.1) is 11.3 Å². The molecule has 2 heterocycles. The van der Waals surface area contributed by atoms with Crippen LogP contribution in [0, 0.1) is 0 Å². The summed E-state index contributed by atoms with van der Waals surface area (Å²) in [5.41, 5.74) is 1.55. The monoisotopic (exact) mass is 430 g/mol. The second kappa shape index (κ2) is 9.47. The van der Waals surface area contributed by atoms with Crippen molar-refractivity contribution in [3.63, 3.8) is 0 Å². The number of hydrogen-bond donors (Lipinski definition) is 2. The van der Waals surface area contributed by atoms with E-state index >= 15 is 0 Å². The van der Waals surface area contributed by atoms with E-state index in [1.165, 1.54) is 12.4 Å². The summed E-state index contributed by atoms with van der Waals surface area (Å²) in [6.45, 7) is -0.0473. The molecular formula is C22H18N6O4. The number of nitrogens with one attached hydrogen (secondary N) is 2. The Kier molecular flexibility index (Phi) is 6.12. The Bertz CT molecular complexity index is 1280. The third-order valence-corrected chi connectivity index (χ3v) is 4.50. The van der Waals surface area contributed by atoms with Crippen LogP contribution in [0.15, 0.2) is 82.4 Å². The first-order chi connectivity index (χ1) is 15.6. The molecule has 0 saturated heterocycles. The first-order valence-corrected chi connectivity index (χ1v) is 9.67. The van der Waals surface area contributed by atoms with Crippen LogP contribution in [0.25, 0.3) is 11.6 Å². The van der Waals surface area contributed by atoms with Gasteiger partial charge >= 0.3 is 5.76 Å². The fourth-order valence-electron chi connectivity index (χ4n) is 2.98. The zero-order chi connectivity index (χ0) is 22.3. The SMILES string of the molecule is O=C(Cn1c(-c2ncccn2)noc1=O)Nc1ccccc1C(=O)NCc1ccccc1. The molecule has 32 heavy (non-hydrogen) atoms. The Hall–Kier alpha value is -4.60. The Morgan fingerprint density at radius 2 is 1.66 bits per heavy atom. The summed E-state index contributed by atoms with van der Waals surface area (Å²) < 4.78 is 5.69. The number of benzene rings is 2. The van der Waals surface area contributed by atoms with E-state index in [-0.39, 0.29) is 17.6 Å². The minimum atomic E-state index is -0.823. The van der Waals surface area contributed by atoms with Crippen molar-refractivity contribution in [3.8, 4) is 11.6 Å². The molecule has 0 aliphatic heterocycles. The van der Waals surface area contributed by atoms with Gasteiger partial charge in [0.15, 0.2) is 5.82 Å². The molecule has 4 rings (SSSR count). The molecule has 0 spiro atoms. The van der Waals surface area contributed by atoms with Crippen LogP contribution in [0.1, 0.15) is 15.9 Å². The molecule has 0 saturated carbocycles. The Morgan fingerprint density at radius 1 is 0.938 bits per heavy atom. The first-order valence-electron chi connectivity index (χ1n) is 9.67. The molecule has 160 valence electrons. The standard InChI is InChI=1S/C22H18N6O4/c29-18(14-28-20(27-32-22(28)31)19-23-11-6-12-24-19)26-17-10-5-4-9-16(17)21(30)25-13-15-7-2-1-3-8-15/h1-12H,13-14H2,(H,25,30)(H,26,29). The molecule has 0 fully saturated rings. The molecule has 0 bridgehead atoms. The molecule has 0 unspecified atom stereocenters. The smallest absolute Gasteiger partial charge is 0.348 e. The van der Waals surface area contributed by atoms with E-state index < -0.39 is 18.2 Å². The zero-order valence-electron chi connectivity index (χ0n) is 16.8. The predicted octanol–water partition coefficient (Wildman–Crippen LogP) is 1.86. The van der Waals surface area contributed by atoms with Gasteiger partial charge in [-0.25, -0.2) is 19.3 Å². The topological polar surface area (TPSA) is 132 Å². The summed E-state index contributed by atoms with van der Waals surface area (Å²) in [6, 6.07) is 17.7. The molecule has 0 aliphatic carbocycles. The second-order valence-corrected chi connectivity index (χ2v) is 6.69. The Balaban J connectivity index is 1.48. The molecule has 0 atom stereocenters. The van der Waals surface area contributed by atoms with Crippen molar-refractivity contribution in [1.82, 2.24) is 25.0 Å². The molecule has 0 radical (unpaired) electrons. The van der Waals surface area contributed by atoms with Crippen molar-refractivity contribution < 1.29 is 14.1 Å². The number of amides is 2. The number of carbonyl (C=O) groups is 2. The van der Waals surface area contributed by atoms with Gasteiger partial charge in [0, 0.05) is 18.9 Å². The van der Waals surface area contributed by atoms with Gasteiger partial charge in [-0.3, -0.25) is 14.1 Å². The molecule has 2 amide bonds. The third kappa shape index (κ3) is 4.75. The van der Waals surface area contributed by atoms with Crippen molar-refractivity contribution in [2.24, 2.45) is 0 Å². The fourth-order valence-corrected chi connectivity index (χ4v) is 2.98. The summed E-state index contributed by atoms with van der Waals surface area (Å²) in [7, 11) is 0. The lowest BCUT2D eigenvalue weighted by Gasteiger charge is -2.12. The van der Waals surface area contributed by atoms with Crippen molar-refractivity contribution in [2.75, 3.05) is 5.32 Å². The maximum atomic E-state index is 12.7. The van der Waals surface area contributed by atoms with Gasteiger partial charge in [-0.05, 0) is 23.8 Å². The molecule has 10 nitrogen and oxygen atoms in total. The largest absolute Gasteiger partial charge is 0.442 e.